The molecule has 2 N–H and O–H groups in total. The number of hydrogen-bond donors (Lipinski definition) is 1. The zero-order chi connectivity index (χ0) is 15.2. The molecular formula is C16H16ClNO2S. The van der Waals surface area contributed by atoms with Crippen LogP contribution in [0.2, 0.25) is 5.02 Å². The summed E-state index contributed by atoms with van der Waals surface area (Å²) in [4.78, 5) is 12.4. The molecule has 2 aromatic rings. The van der Waals surface area contributed by atoms with Crippen molar-refractivity contribution in [1.29, 1.82) is 0 Å². The van der Waals surface area contributed by atoms with Gasteiger partial charge in [0.05, 0.1) is 17.2 Å². The Morgan fingerprint density at radius 3 is 2.81 bits per heavy atom. The first-order valence-electron chi connectivity index (χ1n) is 6.48. The number of hydrogen-bond acceptors (Lipinski definition) is 4. The molecule has 0 saturated carbocycles. The number of nitrogen functional groups attached to an aromatic ring is 1. The average molecular weight is 322 g/mol. The molecule has 0 bridgehead atoms. The van der Waals surface area contributed by atoms with Crippen molar-refractivity contribution in [2.24, 2.45) is 0 Å². The van der Waals surface area contributed by atoms with E-state index in [0.717, 1.165) is 10.6 Å². The predicted octanol–water partition coefficient (Wildman–Crippen LogP) is 4.30. The van der Waals surface area contributed by atoms with Gasteiger partial charge in [-0.05, 0) is 37.3 Å². The number of anilines is 1. The molecule has 0 aliphatic rings. The highest BCUT2D eigenvalue weighted by atomic mass is 35.5. The molecule has 0 aliphatic heterocycles. The van der Waals surface area contributed by atoms with Gasteiger partial charge >= 0.3 is 0 Å². The summed E-state index contributed by atoms with van der Waals surface area (Å²) < 4.78 is 5.67. The molecule has 110 valence electrons. The standard InChI is InChI=1S/C16H16ClNO2S/c1-11(19)13-4-2-3-5-15(13)20-8-9-21-16-10-12(18)6-7-14(16)17/h2-7,10H,8-9,18H2,1H3. The molecule has 0 radical (unpaired) electrons. The number of ether oxygens (including phenoxy) is 1. The van der Waals surface area contributed by atoms with Crippen LogP contribution < -0.4 is 10.5 Å². The molecule has 0 saturated heterocycles. The summed E-state index contributed by atoms with van der Waals surface area (Å²) in [6.07, 6.45) is 0. The topological polar surface area (TPSA) is 52.3 Å². The number of carbonyl (C=O) groups excluding carboxylic acids is 1. The normalized spacial score (nSPS) is 10.4. The fourth-order valence-corrected chi connectivity index (χ4v) is 2.91. The number of nitrogens with two attached hydrogens (primary N) is 1. The van der Waals surface area contributed by atoms with Crippen LogP contribution in [0.4, 0.5) is 5.69 Å². The minimum Gasteiger partial charge on any atom is -0.492 e. The van der Waals surface area contributed by atoms with Crippen molar-refractivity contribution in [3.63, 3.8) is 0 Å². The number of Topliss-reactive ketones (excluding diaryl/α,β-unsaturated/α-hetero) is 1. The first-order valence-corrected chi connectivity index (χ1v) is 7.85. The zero-order valence-electron chi connectivity index (χ0n) is 11.6. The van der Waals surface area contributed by atoms with Gasteiger partial charge in [-0.3, -0.25) is 4.79 Å². The summed E-state index contributed by atoms with van der Waals surface area (Å²) >= 11 is 7.67. The van der Waals surface area contributed by atoms with Gasteiger partial charge in [0, 0.05) is 16.3 Å². The molecule has 5 heteroatoms. The van der Waals surface area contributed by atoms with Gasteiger partial charge in [-0.2, -0.15) is 0 Å². The maximum Gasteiger partial charge on any atom is 0.163 e. The van der Waals surface area contributed by atoms with Gasteiger partial charge in [0.2, 0.25) is 0 Å². The molecular weight excluding hydrogens is 306 g/mol. The van der Waals surface area contributed by atoms with E-state index in [9.17, 15) is 4.79 Å². The molecule has 0 atom stereocenters. The van der Waals surface area contributed by atoms with Crippen LogP contribution in [-0.2, 0) is 0 Å². The molecule has 0 amide bonds. The van der Waals surface area contributed by atoms with Crippen molar-refractivity contribution >= 4 is 34.8 Å². The van der Waals surface area contributed by atoms with E-state index in [-0.39, 0.29) is 5.78 Å². The minimum absolute atomic E-state index is 0.00266. The Hall–Kier alpha value is -1.65. The van der Waals surface area contributed by atoms with Crippen molar-refractivity contribution < 1.29 is 9.53 Å². The lowest BCUT2D eigenvalue weighted by atomic mass is 10.1. The van der Waals surface area contributed by atoms with Crippen LogP contribution in [0.25, 0.3) is 0 Å². The fraction of sp³-hybridized carbons (Fsp3) is 0.188. The van der Waals surface area contributed by atoms with Crippen molar-refractivity contribution in [2.45, 2.75) is 11.8 Å². The molecule has 21 heavy (non-hydrogen) atoms. The Labute approximate surface area is 133 Å². The average Bonchev–Trinajstić information content (AvgIpc) is 2.47. The minimum atomic E-state index is -0.00266. The third-order valence-electron chi connectivity index (χ3n) is 2.82. The molecule has 3 nitrogen and oxygen atoms in total. The van der Waals surface area contributed by atoms with Crippen LogP contribution >= 0.6 is 23.4 Å². The van der Waals surface area contributed by atoms with Crippen LogP contribution in [0.15, 0.2) is 47.4 Å². The maximum absolute atomic E-state index is 11.5. The largest absolute Gasteiger partial charge is 0.492 e. The Morgan fingerprint density at radius 2 is 2.05 bits per heavy atom. The second-order valence-corrected chi connectivity index (χ2v) is 5.98. The first kappa shape index (κ1) is 15.7. The highest BCUT2D eigenvalue weighted by Gasteiger charge is 2.07. The summed E-state index contributed by atoms with van der Waals surface area (Å²) in [5, 5.41) is 0.679. The summed E-state index contributed by atoms with van der Waals surface area (Å²) in [6.45, 7) is 2.02. The zero-order valence-corrected chi connectivity index (χ0v) is 13.2. The smallest absolute Gasteiger partial charge is 0.163 e. The van der Waals surface area contributed by atoms with Crippen LogP contribution in [0.5, 0.6) is 5.75 Å². The fourth-order valence-electron chi connectivity index (χ4n) is 1.82. The molecule has 2 aromatic carbocycles. The van der Waals surface area contributed by atoms with E-state index >= 15 is 0 Å². The van der Waals surface area contributed by atoms with E-state index in [1.54, 1.807) is 36.0 Å². The summed E-state index contributed by atoms with van der Waals surface area (Å²) in [7, 11) is 0. The van der Waals surface area contributed by atoms with E-state index in [1.807, 2.05) is 18.2 Å². The number of halogens is 1. The molecule has 0 fully saturated rings. The molecule has 0 aliphatic carbocycles. The van der Waals surface area contributed by atoms with E-state index in [1.165, 1.54) is 6.92 Å². The molecule has 0 spiro atoms. The van der Waals surface area contributed by atoms with Gasteiger partial charge in [-0.1, -0.05) is 23.7 Å². The van der Waals surface area contributed by atoms with Gasteiger partial charge in [0.25, 0.3) is 0 Å². The quantitative estimate of drug-likeness (QED) is 0.373. The highest BCUT2D eigenvalue weighted by Crippen LogP contribution is 2.29. The number of thioether (sulfide) groups is 1. The van der Waals surface area contributed by atoms with Crippen molar-refractivity contribution in [2.75, 3.05) is 18.1 Å². The van der Waals surface area contributed by atoms with Crippen molar-refractivity contribution in [1.82, 2.24) is 0 Å². The van der Waals surface area contributed by atoms with E-state index < -0.39 is 0 Å². The second-order valence-electron chi connectivity index (χ2n) is 4.44. The summed E-state index contributed by atoms with van der Waals surface area (Å²) in [5.41, 5.74) is 7.02. The van der Waals surface area contributed by atoms with Crippen LogP contribution in [0.1, 0.15) is 17.3 Å². The molecule has 0 heterocycles. The van der Waals surface area contributed by atoms with Gasteiger partial charge in [0.15, 0.2) is 5.78 Å². The number of ketones is 1. The SMILES string of the molecule is CC(=O)c1ccccc1OCCSc1cc(N)ccc1Cl. The molecule has 0 unspecified atom stereocenters. The van der Waals surface area contributed by atoms with Gasteiger partial charge in [-0.15, -0.1) is 11.8 Å². The molecule has 2 rings (SSSR count). The number of carbonyl (C=O) groups is 1. The van der Waals surface area contributed by atoms with Crippen molar-refractivity contribution in [3.8, 4) is 5.75 Å². The Morgan fingerprint density at radius 1 is 1.29 bits per heavy atom. The number of rotatable bonds is 6. The van der Waals surface area contributed by atoms with Gasteiger partial charge in [-0.25, -0.2) is 0 Å². The Bertz CT molecular complexity index is 646. The second kappa shape index (κ2) is 7.38. The predicted molar refractivity (Wildman–Crippen MR) is 88.5 cm³/mol. The lowest BCUT2D eigenvalue weighted by Crippen LogP contribution is -2.04. The third-order valence-corrected chi connectivity index (χ3v) is 4.28. The Kier molecular flexibility index (Phi) is 5.53. The summed E-state index contributed by atoms with van der Waals surface area (Å²) in [6, 6.07) is 12.6. The van der Waals surface area contributed by atoms with E-state index in [0.29, 0.717) is 28.6 Å². The third kappa shape index (κ3) is 4.41. The van der Waals surface area contributed by atoms with Crippen molar-refractivity contribution in [3.05, 3.63) is 53.1 Å². The maximum atomic E-state index is 11.5. The monoisotopic (exact) mass is 321 g/mol. The van der Waals surface area contributed by atoms with E-state index in [4.69, 9.17) is 22.1 Å². The molecule has 0 aromatic heterocycles. The lowest BCUT2D eigenvalue weighted by Gasteiger charge is -2.10. The highest BCUT2D eigenvalue weighted by molar-refractivity contribution is 7.99. The number of benzene rings is 2. The Balaban J connectivity index is 1.91. The van der Waals surface area contributed by atoms with Crippen LogP contribution in [0.3, 0.4) is 0 Å². The van der Waals surface area contributed by atoms with Crippen LogP contribution in [-0.4, -0.2) is 18.1 Å². The summed E-state index contributed by atoms with van der Waals surface area (Å²) in [5.74, 6) is 1.33. The number of para-hydroxylation sites is 1. The van der Waals surface area contributed by atoms with E-state index in [2.05, 4.69) is 0 Å². The van der Waals surface area contributed by atoms with Gasteiger partial charge < -0.3 is 10.5 Å². The lowest BCUT2D eigenvalue weighted by molar-refractivity contribution is 0.101. The van der Waals surface area contributed by atoms with Gasteiger partial charge in [0.1, 0.15) is 5.75 Å². The first-order chi connectivity index (χ1) is 10.1. The van der Waals surface area contributed by atoms with Crippen LogP contribution in [0, 0.1) is 0 Å².